The average molecular weight is 216 g/mol. The smallest absolute Gasteiger partial charge is 0.161 e. The number of benzene rings is 1. The molecule has 0 saturated carbocycles. The number of aromatic nitrogens is 2. The van der Waals surface area contributed by atoms with Gasteiger partial charge < -0.3 is 16.6 Å². The number of hydrogen-bond donors (Lipinski definition) is 3. The highest BCUT2D eigenvalue weighted by molar-refractivity contribution is 5.58. The summed E-state index contributed by atoms with van der Waals surface area (Å²) in [5.74, 6) is 1.12. The predicted molar refractivity (Wildman–Crippen MR) is 61.4 cm³/mol. The van der Waals surface area contributed by atoms with E-state index < -0.39 is 0 Å². The molecule has 0 radical (unpaired) electrons. The van der Waals surface area contributed by atoms with Crippen molar-refractivity contribution < 1.29 is 5.11 Å². The van der Waals surface area contributed by atoms with E-state index in [1.54, 1.807) is 30.5 Å². The third-order valence-corrected chi connectivity index (χ3v) is 2.24. The number of aromatic hydroxyl groups is 1. The Kier molecular flexibility index (Phi) is 2.70. The summed E-state index contributed by atoms with van der Waals surface area (Å²) in [5.41, 5.74) is 12.7. The third-order valence-electron chi connectivity index (χ3n) is 2.24. The number of hydrogen-bond acceptors (Lipinski definition) is 5. The molecule has 5 heteroatoms. The average Bonchev–Trinajstić information content (AvgIpc) is 2.30. The summed E-state index contributed by atoms with van der Waals surface area (Å²) in [6, 6.07) is 6.61. The predicted octanol–water partition coefficient (Wildman–Crippen LogP) is 0.890. The molecule has 5 nitrogen and oxygen atoms in total. The van der Waals surface area contributed by atoms with Gasteiger partial charge in [0.15, 0.2) is 5.82 Å². The quantitative estimate of drug-likeness (QED) is 0.692. The summed E-state index contributed by atoms with van der Waals surface area (Å²) >= 11 is 0. The summed E-state index contributed by atoms with van der Waals surface area (Å²) in [7, 11) is 0. The number of phenolic OH excluding ortho intramolecular Hbond substituents is 1. The second-order valence-corrected chi connectivity index (χ2v) is 3.36. The molecule has 0 aliphatic rings. The largest absolute Gasteiger partial charge is 0.508 e. The Hall–Kier alpha value is -2.14. The maximum atomic E-state index is 9.16. The SMILES string of the molecule is NCc1cnc(-c2ccc(O)cc2)nc1N. The molecule has 16 heavy (non-hydrogen) atoms. The number of phenols is 1. The Labute approximate surface area is 92.8 Å². The summed E-state index contributed by atoms with van der Waals surface area (Å²) < 4.78 is 0. The highest BCUT2D eigenvalue weighted by Crippen LogP contribution is 2.19. The molecule has 0 saturated heterocycles. The lowest BCUT2D eigenvalue weighted by Gasteiger charge is -2.04. The van der Waals surface area contributed by atoms with Crippen molar-refractivity contribution in [3.63, 3.8) is 0 Å². The van der Waals surface area contributed by atoms with Crippen molar-refractivity contribution in [2.45, 2.75) is 6.54 Å². The summed E-state index contributed by atoms with van der Waals surface area (Å²) in [5, 5.41) is 9.16. The van der Waals surface area contributed by atoms with Crippen LogP contribution in [0.3, 0.4) is 0 Å². The van der Waals surface area contributed by atoms with Crippen LogP contribution in [0.2, 0.25) is 0 Å². The highest BCUT2D eigenvalue weighted by atomic mass is 16.3. The first kappa shape index (κ1) is 10.4. The van der Waals surface area contributed by atoms with Crippen molar-refractivity contribution in [2.24, 2.45) is 5.73 Å². The minimum absolute atomic E-state index is 0.204. The second kappa shape index (κ2) is 4.16. The van der Waals surface area contributed by atoms with E-state index in [2.05, 4.69) is 9.97 Å². The minimum Gasteiger partial charge on any atom is -0.508 e. The number of anilines is 1. The van der Waals surface area contributed by atoms with Crippen LogP contribution in [0.15, 0.2) is 30.5 Å². The molecular formula is C11H12N4O. The molecule has 5 N–H and O–H groups in total. The van der Waals surface area contributed by atoms with E-state index in [9.17, 15) is 0 Å². The van der Waals surface area contributed by atoms with Crippen LogP contribution < -0.4 is 11.5 Å². The first-order valence-corrected chi connectivity index (χ1v) is 4.81. The van der Waals surface area contributed by atoms with Crippen LogP contribution in [-0.2, 0) is 6.54 Å². The monoisotopic (exact) mass is 216 g/mol. The van der Waals surface area contributed by atoms with Gasteiger partial charge in [0.25, 0.3) is 0 Å². The van der Waals surface area contributed by atoms with Crippen molar-refractivity contribution in [2.75, 3.05) is 5.73 Å². The fourth-order valence-corrected chi connectivity index (χ4v) is 1.33. The molecule has 0 spiro atoms. The zero-order valence-corrected chi connectivity index (χ0v) is 8.59. The molecule has 2 rings (SSSR count). The van der Waals surface area contributed by atoms with Crippen molar-refractivity contribution in [3.05, 3.63) is 36.0 Å². The summed E-state index contributed by atoms with van der Waals surface area (Å²) in [6.07, 6.45) is 1.62. The summed E-state index contributed by atoms with van der Waals surface area (Å²) in [6.45, 7) is 0.321. The maximum Gasteiger partial charge on any atom is 0.161 e. The van der Waals surface area contributed by atoms with Crippen LogP contribution in [0, 0.1) is 0 Å². The van der Waals surface area contributed by atoms with E-state index in [-0.39, 0.29) is 5.75 Å². The Morgan fingerprint density at radius 3 is 2.44 bits per heavy atom. The highest BCUT2D eigenvalue weighted by Gasteiger charge is 2.04. The molecule has 0 fully saturated rings. The minimum atomic E-state index is 0.204. The molecule has 2 aromatic rings. The molecule has 0 bridgehead atoms. The second-order valence-electron chi connectivity index (χ2n) is 3.36. The molecule has 0 amide bonds. The van der Waals surface area contributed by atoms with E-state index in [4.69, 9.17) is 16.6 Å². The molecule has 1 aromatic heterocycles. The third kappa shape index (κ3) is 1.94. The van der Waals surface area contributed by atoms with Gasteiger partial charge in [-0.25, -0.2) is 9.97 Å². The lowest BCUT2D eigenvalue weighted by Crippen LogP contribution is -2.05. The normalized spacial score (nSPS) is 10.3. The summed E-state index contributed by atoms with van der Waals surface area (Å²) in [4.78, 5) is 8.31. The van der Waals surface area contributed by atoms with Crippen LogP contribution in [0.4, 0.5) is 5.82 Å². The Balaban J connectivity index is 2.41. The van der Waals surface area contributed by atoms with Gasteiger partial charge in [0, 0.05) is 23.9 Å². The molecule has 1 aromatic carbocycles. The molecule has 0 atom stereocenters. The van der Waals surface area contributed by atoms with Crippen molar-refractivity contribution >= 4 is 5.82 Å². The Morgan fingerprint density at radius 2 is 1.88 bits per heavy atom. The van der Waals surface area contributed by atoms with Crippen molar-refractivity contribution in [3.8, 4) is 17.1 Å². The van der Waals surface area contributed by atoms with Crippen LogP contribution in [0.5, 0.6) is 5.75 Å². The van der Waals surface area contributed by atoms with Gasteiger partial charge in [-0.2, -0.15) is 0 Å². The Morgan fingerprint density at radius 1 is 1.19 bits per heavy atom. The standard InChI is InChI=1S/C11H12N4O/c12-5-8-6-14-11(15-10(8)13)7-1-3-9(16)4-2-7/h1-4,6,16H,5,12H2,(H2,13,14,15). The molecule has 1 heterocycles. The van der Waals surface area contributed by atoms with Gasteiger partial charge >= 0.3 is 0 Å². The Bertz CT molecular complexity index is 496. The maximum absolute atomic E-state index is 9.16. The van der Waals surface area contributed by atoms with Crippen molar-refractivity contribution in [1.29, 1.82) is 0 Å². The van der Waals surface area contributed by atoms with Gasteiger partial charge in [-0.15, -0.1) is 0 Å². The topological polar surface area (TPSA) is 98.0 Å². The van der Waals surface area contributed by atoms with Gasteiger partial charge in [0.2, 0.25) is 0 Å². The van der Waals surface area contributed by atoms with Gasteiger partial charge in [-0.1, -0.05) is 0 Å². The van der Waals surface area contributed by atoms with Gasteiger partial charge in [0.1, 0.15) is 11.6 Å². The fourth-order valence-electron chi connectivity index (χ4n) is 1.33. The molecule has 82 valence electrons. The van der Waals surface area contributed by atoms with Crippen LogP contribution in [0.1, 0.15) is 5.56 Å². The molecule has 0 aliphatic heterocycles. The zero-order valence-electron chi connectivity index (χ0n) is 8.59. The lowest BCUT2D eigenvalue weighted by molar-refractivity contribution is 0.475. The van der Waals surface area contributed by atoms with E-state index >= 15 is 0 Å². The van der Waals surface area contributed by atoms with Gasteiger partial charge in [-0.3, -0.25) is 0 Å². The van der Waals surface area contributed by atoms with Crippen LogP contribution in [0.25, 0.3) is 11.4 Å². The lowest BCUT2D eigenvalue weighted by atomic mass is 10.2. The van der Waals surface area contributed by atoms with E-state index in [0.29, 0.717) is 18.2 Å². The molecular weight excluding hydrogens is 204 g/mol. The molecule has 0 aliphatic carbocycles. The van der Waals surface area contributed by atoms with Crippen LogP contribution in [-0.4, -0.2) is 15.1 Å². The van der Waals surface area contributed by atoms with Gasteiger partial charge in [0.05, 0.1) is 0 Å². The van der Waals surface area contributed by atoms with Crippen LogP contribution >= 0.6 is 0 Å². The fraction of sp³-hybridized carbons (Fsp3) is 0.0909. The molecule has 0 unspecified atom stereocenters. The van der Waals surface area contributed by atoms with E-state index in [0.717, 1.165) is 11.1 Å². The van der Waals surface area contributed by atoms with Gasteiger partial charge in [-0.05, 0) is 24.3 Å². The first-order valence-electron chi connectivity index (χ1n) is 4.81. The van der Waals surface area contributed by atoms with Crippen molar-refractivity contribution in [1.82, 2.24) is 9.97 Å². The number of nitrogens with zero attached hydrogens (tertiary/aromatic N) is 2. The number of nitrogen functional groups attached to an aromatic ring is 1. The number of rotatable bonds is 2. The zero-order chi connectivity index (χ0) is 11.5. The first-order chi connectivity index (χ1) is 7.70. The van der Waals surface area contributed by atoms with E-state index in [1.165, 1.54) is 0 Å². The van der Waals surface area contributed by atoms with E-state index in [1.807, 2.05) is 0 Å². The number of nitrogens with two attached hydrogens (primary N) is 2.